The molecule has 2 aromatic heterocycles. The van der Waals surface area contributed by atoms with Crippen LogP contribution in [0.25, 0.3) is 0 Å². The number of amides is 1. The molecule has 0 spiro atoms. The molecule has 9 nitrogen and oxygen atoms in total. The van der Waals surface area contributed by atoms with E-state index < -0.39 is 5.97 Å². The zero-order chi connectivity index (χ0) is 19.4. The highest BCUT2D eigenvalue weighted by molar-refractivity contribution is 6.35. The molecule has 2 N–H and O–H groups in total. The second-order valence-corrected chi connectivity index (χ2v) is 6.44. The molecule has 0 saturated carbocycles. The summed E-state index contributed by atoms with van der Waals surface area (Å²) in [6.07, 6.45) is 4.16. The van der Waals surface area contributed by atoms with Gasteiger partial charge in [-0.05, 0) is 17.7 Å². The topological polar surface area (TPSA) is 115 Å². The van der Waals surface area contributed by atoms with Gasteiger partial charge in [0.1, 0.15) is 6.33 Å². The number of hydrogen-bond acceptors (Lipinski definition) is 5. The lowest BCUT2D eigenvalue weighted by Gasteiger charge is -2.04. The van der Waals surface area contributed by atoms with Gasteiger partial charge in [-0.2, -0.15) is 5.10 Å². The maximum atomic E-state index is 12.0. The van der Waals surface area contributed by atoms with Gasteiger partial charge in [-0.3, -0.25) is 14.8 Å². The molecule has 3 rings (SSSR count). The summed E-state index contributed by atoms with van der Waals surface area (Å²) < 4.78 is 2.93. The van der Waals surface area contributed by atoms with E-state index in [1.165, 1.54) is 28.1 Å². The summed E-state index contributed by atoms with van der Waals surface area (Å²) >= 11 is 12.0. The van der Waals surface area contributed by atoms with E-state index in [1.54, 1.807) is 18.2 Å². The van der Waals surface area contributed by atoms with Gasteiger partial charge >= 0.3 is 5.97 Å². The van der Waals surface area contributed by atoms with E-state index in [0.717, 1.165) is 5.56 Å². The van der Waals surface area contributed by atoms with E-state index in [2.05, 4.69) is 20.5 Å². The second-order valence-electron chi connectivity index (χ2n) is 5.60. The van der Waals surface area contributed by atoms with E-state index in [1.807, 2.05) is 0 Å². The van der Waals surface area contributed by atoms with Crippen LogP contribution in [0, 0.1) is 0 Å². The van der Waals surface area contributed by atoms with Crippen LogP contribution in [-0.4, -0.2) is 41.5 Å². The lowest BCUT2D eigenvalue weighted by molar-refractivity contribution is -0.116. The molecule has 0 aliphatic rings. The number of anilines is 1. The Morgan fingerprint density at radius 1 is 1.22 bits per heavy atom. The number of carbonyl (C=O) groups is 2. The summed E-state index contributed by atoms with van der Waals surface area (Å²) in [7, 11) is 0. The van der Waals surface area contributed by atoms with Gasteiger partial charge in [-0.1, -0.05) is 29.3 Å². The van der Waals surface area contributed by atoms with Crippen LogP contribution in [0.15, 0.2) is 36.9 Å². The number of rotatable bonds is 7. The second kappa shape index (κ2) is 8.19. The molecule has 0 aliphatic heterocycles. The molecule has 0 fully saturated rings. The van der Waals surface area contributed by atoms with Gasteiger partial charge in [0.05, 0.1) is 18.3 Å². The summed E-state index contributed by atoms with van der Waals surface area (Å²) in [6, 6.07) is 5.16. The van der Waals surface area contributed by atoms with Gasteiger partial charge in [0.25, 0.3) is 0 Å². The highest BCUT2D eigenvalue weighted by Gasteiger charge is 2.10. The standard InChI is InChI=1S/C16H14Cl2N6O3/c17-12-2-1-10(13(18)5-12)7-24-9-19-16(22-24)21-14(25)3-4-23-8-11(6-20-23)15(26)27/h1-2,5-6,8-9H,3-4,7H2,(H,26,27)(H,21,22,25). The van der Waals surface area contributed by atoms with Gasteiger partial charge in [0, 0.05) is 29.2 Å². The molecule has 140 valence electrons. The number of aryl methyl sites for hydroxylation is 1. The number of benzene rings is 1. The highest BCUT2D eigenvalue weighted by atomic mass is 35.5. The fourth-order valence-electron chi connectivity index (χ4n) is 2.25. The molecular formula is C16H14Cl2N6O3. The van der Waals surface area contributed by atoms with Crippen LogP contribution in [-0.2, 0) is 17.9 Å². The van der Waals surface area contributed by atoms with Crippen LogP contribution in [0.3, 0.4) is 0 Å². The molecule has 11 heteroatoms. The smallest absolute Gasteiger partial charge is 0.338 e. The van der Waals surface area contributed by atoms with Gasteiger partial charge in [-0.15, -0.1) is 5.10 Å². The minimum Gasteiger partial charge on any atom is -0.478 e. The van der Waals surface area contributed by atoms with Crippen molar-refractivity contribution in [1.82, 2.24) is 24.5 Å². The van der Waals surface area contributed by atoms with Crippen molar-refractivity contribution in [2.24, 2.45) is 0 Å². The van der Waals surface area contributed by atoms with Gasteiger partial charge in [0.2, 0.25) is 11.9 Å². The molecule has 0 saturated heterocycles. The summed E-state index contributed by atoms with van der Waals surface area (Å²) in [5.41, 5.74) is 0.883. The first-order valence-electron chi connectivity index (χ1n) is 7.79. The number of carboxylic acids is 1. The monoisotopic (exact) mass is 408 g/mol. The largest absolute Gasteiger partial charge is 0.478 e. The molecule has 27 heavy (non-hydrogen) atoms. The summed E-state index contributed by atoms with van der Waals surface area (Å²) in [5.74, 6) is -1.22. The van der Waals surface area contributed by atoms with Crippen molar-refractivity contribution >= 4 is 41.0 Å². The normalized spacial score (nSPS) is 10.7. The van der Waals surface area contributed by atoms with Gasteiger partial charge < -0.3 is 5.11 Å². The predicted molar refractivity (Wildman–Crippen MR) is 98.0 cm³/mol. The number of aromatic carboxylic acids is 1. The number of aromatic nitrogens is 5. The molecule has 3 aromatic rings. The first-order valence-corrected chi connectivity index (χ1v) is 8.55. The van der Waals surface area contributed by atoms with Crippen LogP contribution < -0.4 is 5.32 Å². The lowest BCUT2D eigenvalue weighted by atomic mass is 10.2. The first kappa shape index (κ1) is 18.9. The third-order valence-corrected chi connectivity index (χ3v) is 4.17. The number of carboxylic acid groups (broad SMARTS) is 1. The fourth-order valence-corrected chi connectivity index (χ4v) is 2.72. The minimum absolute atomic E-state index is 0.0664. The molecule has 0 atom stereocenters. The van der Waals surface area contributed by atoms with Crippen molar-refractivity contribution in [3.63, 3.8) is 0 Å². The zero-order valence-electron chi connectivity index (χ0n) is 13.8. The van der Waals surface area contributed by atoms with E-state index >= 15 is 0 Å². The van der Waals surface area contributed by atoms with Crippen molar-refractivity contribution in [2.45, 2.75) is 19.5 Å². The molecule has 2 heterocycles. The van der Waals surface area contributed by atoms with Crippen LogP contribution in [0.1, 0.15) is 22.3 Å². The van der Waals surface area contributed by atoms with E-state index in [4.69, 9.17) is 28.3 Å². The van der Waals surface area contributed by atoms with Crippen LogP contribution in [0.2, 0.25) is 10.0 Å². The zero-order valence-corrected chi connectivity index (χ0v) is 15.4. The summed E-state index contributed by atoms with van der Waals surface area (Å²) in [6.45, 7) is 0.615. The Balaban J connectivity index is 1.53. The number of halogens is 2. The predicted octanol–water partition coefficient (Wildman–Crippen LogP) is 2.56. The van der Waals surface area contributed by atoms with Gasteiger partial charge in [-0.25, -0.2) is 14.5 Å². The van der Waals surface area contributed by atoms with Crippen LogP contribution >= 0.6 is 23.2 Å². The minimum atomic E-state index is -1.07. The molecule has 0 bridgehead atoms. The Bertz CT molecular complexity index is 984. The fraction of sp³-hybridized carbons (Fsp3) is 0.188. The Hall–Kier alpha value is -2.91. The number of nitrogens with one attached hydrogen (secondary N) is 1. The third kappa shape index (κ3) is 5.05. The lowest BCUT2D eigenvalue weighted by Crippen LogP contribution is -2.16. The van der Waals surface area contributed by atoms with Crippen molar-refractivity contribution in [1.29, 1.82) is 0 Å². The van der Waals surface area contributed by atoms with Crippen molar-refractivity contribution in [3.8, 4) is 0 Å². The van der Waals surface area contributed by atoms with Crippen LogP contribution in [0.4, 0.5) is 5.95 Å². The Labute approximate surface area is 163 Å². The average molecular weight is 409 g/mol. The third-order valence-electron chi connectivity index (χ3n) is 3.58. The molecule has 0 unspecified atom stereocenters. The maximum Gasteiger partial charge on any atom is 0.338 e. The molecule has 1 aromatic carbocycles. The Morgan fingerprint density at radius 3 is 2.74 bits per heavy atom. The van der Waals surface area contributed by atoms with E-state index in [9.17, 15) is 9.59 Å². The number of hydrogen-bond donors (Lipinski definition) is 2. The Morgan fingerprint density at radius 2 is 2.04 bits per heavy atom. The van der Waals surface area contributed by atoms with Gasteiger partial charge in [0.15, 0.2) is 0 Å². The SMILES string of the molecule is O=C(CCn1cc(C(=O)O)cn1)Nc1ncn(Cc2ccc(Cl)cc2Cl)n1. The quantitative estimate of drug-likeness (QED) is 0.620. The molecular weight excluding hydrogens is 395 g/mol. The average Bonchev–Trinajstić information content (AvgIpc) is 3.25. The number of carbonyl (C=O) groups excluding carboxylic acids is 1. The molecule has 0 aliphatic carbocycles. The Kier molecular flexibility index (Phi) is 5.72. The van der Waals surface area contributed by atoms with Crippen LogP contribution in [0.5, 0.6) is 0 Å². The van der Waals surface area contributed by atoms with Crippen molar-refractivity contribution in [2.75, 3.05) is 5.32 Å². The first-order chi connectivity index (χ1) is 12.9. The molecule has 0 radical (unpaired) electrons. The maximum absolute atomic E-state index is 12.0. The van der Waals surface area contributed by atoms with Crippen molar-refractivity contribution < 1.29 is 14.7 Å². The summed E-state index contributed by atoms with van der Waals surface area (Å²) in [5, 5.41) is 20.5. The van der Waals surface area contributed by atoms with Crippen molar-refractivity contribution in [3.05, 3.63) is 58.1 Å². The summed E-state index contributed by atoms with van der Waals surface area (Å²) in [4.78, 5) is 26.8. The molecule has 1 amide bonds. The van der Waals surface area contributed by atoms with E-state index in [0.29, 0.717) is 16.6 Å². The number of nitrogens with zero attached hydrogens (tertiary/aromatic N) is 5. The highest BCUT2D eigenvalue weighted by Crippen LogP contribution is 2.21. The van der Waals surface area contributed by atoms with E-state index in [-0.39, 0.29) is 30.4 Å².